The van der Waals surface area contributed by atoms with Crippen LogP contribution < -0.4 is 4.90 Å². The second-order valence-corrected chi connectivity index (χ2v) is 7.03. The summed E-state index contributed by atoms with van der Waals surface area (Å²) in [6.07, 6.45) is 1.13. The number of quaternary nitrogens is 2. The predicted octanol–water partition coefficient (Wildman–Crippen LogP) is -1.36. The van der Waals surface area contributed by atoms with Crippen LogP contribution in [0.15, 0.2) is 30.3 Å². The molecule has 0 heterocycles. The second-order valence-electron chi connectivity index (χ2n) is 7.03. The molecule has 1 rings (SSSR count). The van der Waals surface area contributed by atoms with Crippen LogP contribution in [0.2, 0.25) is 0 Å². The molecule has 0 aliphatic heterocycles. The molecular weight excluding hydrogens is 320 g/mol. The summed E-state index contributed by atoms with van der Waals surface area (Å²) < 4.78 is 0.628. The monoisotopic (exact) mass is 356 g/mol. The van der Waals surface area contributed by atoms with Gasteiger partial charge in [-0.1, -0.05) is 30.3 Å². The standard InChI is InChI=1S/C19H35N2O4/c1-20(9-13-22)16-19(25)8-5-10-21(11-14-23,12-15-24)17-18-6-3-2-4-7-18/h2-4,6-7,19,22-25H,5,8-17H2,1H3/q+1/p+1. The van der Waals surface area contributed by atoms with Crippen LogP contribution in [0, 0.1) is 0 Å². The van der Waals surface area contributed by atoms with Crippen LogP contribution in [-0.4, -0.2) is 90.6 Å². The van der Waals surface area contributed by atoms with Crippen LogP contribution in [0.4, 0.5) is 0 Å². The quantitative estimate of drug-likeness (QED) is 0.267. The van der Waals surface area contributed by atoms with E-state index < -0.39 is 6.10 Å². The summed E-state index contributed by atoms with van der Waals surface area (Å²) in [7, 11) is 1.97. The molecule has 1 aromatic rings. The molecule has 0 radical (unpaired) electrons. The Balaban J connectivity index is 2.60. The van der Waals surface area contributed by atoms with Crippen molar-refractivity contribution in [1.29, 1.82) is 0 Å². The van der Waals surface area contributed by atoms with Gasteiger partial charge in [0.1, 0.15) is 38.8 Å². The molecule has 0 aliphatic rings. The van der Waals surface area contributed by atoms with Crippen molar-refractivity contribution in [3.63, 3.8) is 0 Å². The largest absolute Gasteiger partial charge is 0.391 e. The third-order valence-electron chi connectivity index (χ3n) is 4.80. The summed E-state index contributed by atoms with van der Waals surface area (Å²) in [5, 5.41) is 38.2. The zero-order valence-corrected chi connectivity index (χ0v) is 15.5. The summed E-state index contributed by atoms with van der Waals surface area (Å²) in [4.78, 5) is 1.12. The minimum absolute atomic E-state index is 0.0821. The predicted molar refractivity (Wildman–Crippen MR) is 98.1 cm³/mol. The van der Waals surface area contributed by atoms with Gasteiger partial charge >= 0.3 is 0 Å². The van der Waals surface area contributed by atoms with E-state index in [0.717, 1.165) is 24.4 Å². The molecule has 144 valence electrons. The number of hydrogen-bond donors (Lipinski definition) is 5. The lowest BCUT2D eigenvalue weighted by Gasteiger charge is -2.38. The highest BCUT2D eigenvalue weighted by molar-refractivity contribution is 5.13. The van der Waals surface area contributed by atoms with Crippen molar-refractivity contribution in [3.05, 3.63) is 35.9 Å². The minimum atomic E-state index is -0.395. The fourth-order valence-corrected chi connectivity index (χ4v) is 3.43. The summed E-state index contributed by atoms with van der Waals surface area (Å²) in [6, 6.07) is 10.1. The van der Waals surface area contributed by atoms with Gasteiger partial charge in [-0.15, -0.1) is 0 Å². The molecule has 2 unspecified atom stereocenters. The molecule has 0 spiro atoms. The molecule has 6 nitrogen and oxygen atoms in total. The average Bonchev–Trinajstić information content (AvgIpc) is 2.56. The van der Waals surface area contributed by atoms with E-state index in [9.17, 15) is 15.3 Å². The minimum Gasteiger partial charge on any atom is -0.391 e. The number of likely N-dealkylation sites (N-methyl/N-ethyl adjacent to an activating group) is 1. The third kappa shape index (κ3) is 8.76. The van der Waals surface area contributed by atoms with Gasteiger partial charge in [0, 0.05) is 5.56 Å². The lowest BCUT2D eigenvalue weighted by atomic mass is 10.1. The Hall–Kier alpha value is -1.02. The summed E-state index contributed by atoms with van der Waals surface area (Å²) in [5.41, 5.74) is 1.19. The van der Waals surface area contributed by atoms with Gasteiger partial charge in [0.05, 0.1) is 33.4 Å². The van der Waals surface area contributed by atoms with Gasteiger partial charge in [-0.2, -0.15) is 0 Å². The van der Waals surface area contributed by atoms with E-state index in [4.69, 9.17) is 5.11 Å². The maximum atomic E-state index is 10.2. The van der Waals surface area contributed by atoms with E-state index in [0.29, 0.717) is 37.1 Å². The van der Waals surface area contributed by atoms with Crippen molar-refractivity contribution >= 4 is 0 Å². The number of nitrogens with one attached hydrogen (secondary N) is 1. The lowest BCUT2D eigenvalue weighted by Crippen LogP contribution is -3.10. The normalized spacial score (nSPS) is 14.4. The number of aliphatic hydroxyl groups is 4. The molecule has 0 fully saturated rings. The maximum absolute atomic E-state index is 10.2. The van der Waals surface area contributed by atoms with Gasteiger partial charge in [-0.25, -0.2) is 0 Å². The van der Waals surface area contributed by atoms with E-state index in [1.807, 2.05) is 25.2 Å². The zero-order chi connectivity index (χ0) is 18.5. The number of benzene rings is 1. The Labute approximate surface area is 151 Å². The highest BCUT2D eigenvalue weighted by atomic mass is 16.3. The molecule has 2 atom stereocenters. The van der Waals surface area contributed by atoms with Gasteiger partial charge < -0.3 is 29.8 Å². The van der Waals surface area contributed by atoms with Gasteiger partial charge in [-0.3, -0.25) is 0 Å². The first-order valence-electron chi connectivity index (χ1n) is 9.26. The van der Waals surface area contributed by atoms with Crippen LogP contribution in [0.5, 0.6) is 0 Å². The van der Waals surface area contributed by atoms with Crippen molar-refractivity contribution in [3.8, 4) is 0 Å². The number of hydrogen-bond acceptors (Lipinski definition) is 4. The number of nitrogens with zero attached hydrogens (tertiary/aromatic N) is 1. The van der Waals surface area contributed by atoms with Crippen molar-refractivity contribution in [2.75, 3.05) is 59.6 Å². The molecule has 6 heteroatoms. The molecule has 0 aliphatic carbocycles. The Bertz CT molecular complexity index is 438. The van der Waals surface area contributed by atoms with Gasteiger partial charge in [0.2, 0.25) is 0 Å². The zero-order valence-electron chi connectivity index (χ0n) is 15.5. The number of aliphatic hydroxyl groups excluding tert-OH is 4. The first kappa shape index (κ1) is 22.0. The highest BCUT2D eigenvalue weighted by Gasteiger charge is 2.27. The molecule has 0 aromatic heterocycles. The maximum Gasteiger partial charge on any atom is 0.104 e. The summed E-state index contributed by atoms with van der Waals surface area (Å²) >= 11 is 0. The number of rotatable bonds is 14. The highest BCUT2D eigenvalue weighted by Crippen LogP contribution is 2.16. The van der Waals surface area contributed by atoms with Gasteiger partial charge in [0.15, 0.2) is 0 Å². The lowest BCUT2D eigenvalue weighted by molar-refractivity contribution is -0.941. The average molecular weight is 357 g/mol. The van der Waals surface area contributed by atoms with Crippen LogP contribution in [0.25, 0.3) is 0 Å². The van der Waals surface area contributed by atoms with Crippen molar-refractivity contribution < 1.29 is 29.8 Å². The SMILES string of the molecule is C[NH+](CCO)CC(O)CCC[N+](CCO)(CCO)Cc1ccccc1. The molecule has 1 aromatic carbocycles. The van der Waals surface area contributed by atoms with Crippen LogP contribution in [0.3, 0.4) is 0 Å². The van der Waals surface area contributed by atoms with Gasteiger partial charge in [-0.05, 0) is 12.8 Å². The molecule has 0 amide bonds. The topological polar surface area (TPSA) is 85.4 Å². The first-order valence-corrected chi connectivity index (χ1v) is 9.26. The third-order valence-corrected chi connectivity index (χ3v) is 4.80. The van der Waals surface area contributed by atoms with Gasteiger partial charge in [0.25, 0.3) is 0 Å². The Morgan fingerprint density at radius 2 is 1.60 bits per heavy atom. The molecular formula is C19H36N2O4+2. The van der Waals surface area contributed by atoms with Crippen LogP contribution in [0.1, 0.15) is 18.4 Å². The Morgan fingerprint density at radius 1 is 0.960 bits per heavy atom. The fourth-order valence-electron chi connectivity index (χ4n) is 3.43. The van der Waals surface area contributed by atoms with E-state index >= 15 is 0 Å². The van der Waals surface area contributed by atoms with Crippen molar-refractivity contribution in [1.82, 2.24) is 0 Å². The molecule has 0 bridgehead atoms. The molecule has 25 heavy (non-hydrogen) atoms. The molecule has 5 N–H and O–H groups in total. The Morgan fingerprint density at radius 3 is 2.16 bits per heavy atom. The van der Waals surface area contributed by atoms with Crippen LogP contribution >= 0.6 is 0 Å². The first-order chi connectivity index (χ1) is 12.0. The van der Waals surface area contributed by atoms with Crippen LogP contribution in [-0.2, 0) is 6.54 Å². The van der Waals surface area contributed by atoms with E-state index in [1.54, 1.807) is 0 Å². The summed E-state index contributed by atoms with van der Waals surface area (Å²) in [5.74, 6) is 0. The molecule has 0 saturated heterocycles. The van der Waals surface area contributed by atoms with E-state index in [1.165, 1.54) is 5.56 Å². The molecule has 0 saturated carbocycles. The van der Waals surface area contributed by atoms with Crippen molar-refractivity contribution in [2.45, 2.75) is 25.5 Å². The Kier molecular flexibility index (Phi) is 10.9. The fraction of sp³-hybridized carbons (Fsp3) is 0.684. The van der Waals surface area contributed by atoms with E-state index in [-0.39, 0.29) is 19.8 Å². The second kappa shape index (κ2) is 12.4. The van der Waals surface area contributed by atoms with Crippen molar-refractivity contribution in [2.24, 2.45) is 0 Å². The smallest absolute Gasteiger partial charge is 0.104 e. The van der Waals surface area contributed by atoms with E-state index in [2.05, 4.69) is 12.1 Å². The summed E-state index contributed by atoms with van der Waals surface area (Å²) in [6.45, 7) is 4.34.